The zero-order valence-corrected chi connectivity index (χ0v) is 10.7. The number of imidazole rings is 1. The van der Waals surface area contributed by atoms with Crippen molar-refractivity contribution in [3.05, 3.63) is 52.8 Å². The highest BCUT2D eigenvalue weighted by Gasteiger charge is 2.15. The number of hydrogen-bond donors (Lipinski definition) is 0. The van der Waals surface area contributed by atoms with Crippen LogP contribution in [0, 0.1) is 0 Å². The summed E-state index contributed by atoms with van der Waals surface area (Å²) in [6, 6.07) is 10.8. The van der Waals surface area contributed by atoms with Gasteiger partial charge in [0.25, 0.3) is 0 Å². The monoisotopic (exact) mass is 266 g/mol. The number of pyridine rings is 1. The second-order valence-corrected chi connectivity index (χ2v) is 4.46. The molecule has 0 saturated carbocycles. The average Bonchev–Trinajstić information content (AvgIpc) is 2.85. The van der Waals surface area contributed by atoms with Gasteiger partial charge < -0.3 is 9.15 Å². The number of rotatable bonds is 1. The van der Waals surface area contributed by atoms with Gasteiger partial charge in [-0.3, -0.25) is 9.20 Å². The molecule has 0 saturated heterocycles. The molecule has 3 heterocycles. The van der Waals surface area contributed by atoms with E-state index < -0.39 is 0 Å². The molecule has 98 valence electrons. The molecule has 0 fully saturated rings. The maximum Gasteiger partial charge on any atom is 0.250 e. The summed E-state index contributed by atoms with van der Waals surface area (Å²) in [6.45, 7) is 0. The number of aromatic nitrogens is 2. The molecule has 4 aromatic rings. The molecule has 0 amide bonds. The summed E-state index contributed by atoms with van der Waals surface area (Å²) in [5.41, 5.74) is 1.76. The topological polar surface area (TPSA) is 56.7 Å². The lowest BCUT2D eigenvalue weighted by Crippen LogP contribution is -2.04. The van der Waals surface area contributed by atoms with Crippen LogP contribution in [0.2, 0.25) is 0 Å². The van der Waals surface area contributed by atoms with Gasteiger partial charge >= 0.3 is 0 Å². The molecule has 20 heavy (non-hydrogen) atoms. The van der Waals surface area contributed by atoms with E-state index in [-0.39, 0.29) is 5.43 Å². The van der Waals surface area contributed by atoms with E-state index in [9.17, 15) is 4.79 Å². The van der Waals surface area contributed by atoms with Crippen molar-refractivity contribution in [3.63, 3.8) is 0 Å². The number of benzene rings is 1. The molecule has 0 bridgehead atoms. The van der Waals surface area contributed by atoms with E-state index in [1.54, 1.807) is 35.9 Å². The number of hydrogen-bond acceptors (Lipinski definition) is 4. The zero-order chi connectivity index (χ0) is 13.7. The van der Waals surface area contributed by atoms with Crippen LogP contribution in [0.5, 0.6) is 5.75 Å². The maximum absolute atomic E-state index is 12.7. The molecular weight excluding hydrogens is 256 g/mol. The first-order valence-electron chi connectivity index (χ1n) is 6.16. The minimum absolute atomic E-state index is 0.112. The highest BCUT2D eigenvalue weighted by Crippen LogP contribution is 2.26. The lowest BCUT2D eigenvalue weighted by molar-refractivity contribution is 0.411. The third-order valence-corrected chi connectivity index (χ3v) is 3.36. The van der Waals surface area contributed by atoms with Crippen LogP contribution in [0.4, 0.5) is 0 Å². The first-order chi connectivity index (χ1) is 9.79. The van der Waals surface area contributed by atoms with Crippen LogP contribution >= 0.6 is 0 Å². The van der Waals surface area contributed by atoms with E-state index in [4.69, 9.17) is 9.15 Å². The number of methoxy groups -OCH3 is 1. The molecule has 1 aromatic carbocycles. The van der Waals surface area contributed by atoms with Crippen molar-refractivity contribution < 1.29 is 9.15 Å². The second kappa shape index (κ2) is 3.84. The lowest BCUT2D eigenvalue weighted by Gasteiger charge is -2.03. The van der Waals surface area contributed by atoms with Gasteiger partial charge in [0.2, 0.25) is 11.1 Å². The zero-order valence-electron chi connectivity index (χ0n) is 10.7. The van der Waals surface area contributed by atoms with E-state index in [0.717, 1.165) is 0 Å². The molecule has 0 aliphatic heterocycles. The van der Waals surface area contributed by atoms with Gasteiger partial charge in [-0.15, -0.1) is 0 Å². The van der Waals surface area contributed by atoms with Crippen LogP contribution in [0.15, 0.2) is 51.8 Å². The number of fused-ring (bicyclic) bond motifs is 4. The molecule has 0 aliphatic carbocycles. The summed E-state index contributed by atoms with van der Waals surface area (Å²) in [6.07, 6.45) is 1.80. The Bertz CT molecular complexity index is 1010. The molecule has 4 rings (SSSR count). The van der Waals surface area contributed by atoms with Crippen molar-refractivity contribution >= 4 is 27.8 Å². The Kier molecular flexibility index (Phi) is 2.12. The number of para-hydroxylation sites is 1. The lowest BCUT2D eigenvalue weighted by atomic mass is 10.2. The van der Waals surface area contributed by atoms with E-state index in [2.05, 4.69) is 4.98 Å². The van der Waals surface area contributed by atoms with Crippen LogP contribution in [0.3, 0.4) is 0 Å². The quantitative estimate of drug-likeness (QED) is 0.531. The van der Waals surface area contributed by atoms with Crippen molar-refractivity contribution in [1.82, 2.24) is 9.38 Å². The molecule has 3 aromatic heterocycles. The molecule has 5 nitrogen and oxygen atoms in total. The summed E-state index contributed by atoms with van der Waals surface area (Å²) >= 11 is 0. The molecule has 0 N–H and O–H groups in total. The molecule has 5 heteroatoms. The van der Waals surface area contributed by atoms with E-state index >= 15 is 0 Å². The summed E-state index contributed by atoms with van der Waals surface area (Å²) in [7, 11) is 1.54. The van der Waals surface area contributed by atoms with Crippen molar-refractivity contribution in [3.8, 4) is 5.75 Å². The summed E-state index contributed by atoms with van der Waals surface area (Å²) in [4.78, 5) is 17.0. The van der Waals surface area contributed by atoms with Gasteiger partial charge in [0, 0.05) is 6.20 Å². The Labute approximate surface area is 113 Å². The first-order valence-corrected chi connectivity index (χ1v) is 6.16. The number of ether oxygens (including phenoxy) is 1. The third-order valence-electron chi connectivity index (χ3n) is 3.36. The van der Waals surface area contributed by atoms with Crippen LogP contribution in [-0.2, 0) is 0 Å². The van der Waals surface area contributed by atoms with Gasteiger partial charge in [-0.2, -0.15) is 4.98 Å². The summed E-state index contributed by atoms with van der Waals surface area (Å²) in [5.74, 6) is 0.526. The number of nitrogens with zero attached hydrogens (tertiary/aromatic N) is 2. The molecule has 0 unspecified atom stereocenters. The molecular formula is C15H10N2O3. The van der Waals surface area contributed by atoms with E-state index in [1.807, 2.05) is 18.2 Å². The standard InChI is InChI=1S/C15H10N2O3/c1-19-10-6-4-5-9-13(18)12-15(20-14(9)10)16-11-7-2-3-8-17(11)12/h2-8H,1H3. The van der Waals surface area contributed by atoms with Gasteiger partial charge in [0.15, 0.2) is 16.8 Å². The van der Waals surface area contributed by atoms with Crippen molar-refractivity contribution in [2.45, 2.75) is 0 Å². The van der Waals surface area contributed by atoms with Crippen molar-refractivity contribution in [2.75, 3.05) is 7.11 Å². The van der Waals surface area contributed by atoms with Crippen LogP contribution in [-0.4, -0.2) is 16.5 Å². The predicted octanol–water partition coefficient (Wildman–Crippen LogP) is 2.60. The van der Waals surface area contributed by atoms with Gasteiger partial charge in [-0.05, 0) is 24.3 Å². The maximum atomic E-state index is 12.7. The summed E-state index contributed by atoms with van der Waals surface area (Å²) in [5, 5.41) is 0.488. The largest absolute Gasteiger partial charge is 0.493 e. The van der Waals surface area contributed by atoms with Gasteiger partial charge in [0.05, 0.1) is 12.5 Å². The molecule has 0 atom stereocenters. The van der Waals surface area contributed by atoms with E-state index in [1.165, 1.54) is 0 Å². The molecule has 0 aliphatic rings. The fraction of sp³-hybridized carbons (Fsp3) is 0.0667. The highest BCUT2D eigenvalue weighted by atomic mass is 16.5. The fourth-order valence-corrected chi connectivity index (χ4v) is 2.44. The molecule has 0 radical (unpaired) electrons. The average molecular weight is 266 g/mol. The Morgan fingerprint density at radius 3 is 2.95 bits per heavy atom. The minimum Gasteiger partial charge on any atom is -0.493 e. The minimum atomic E-state index is -0.112. The highest BCUT2D eigenvalue weighted by molar-refractivity contribution is 5.91. The summed E-state index contributed by atoms with van der Waals surface area (Å²) < 4.78 is 12.8. The Morgan fingerprint density at radius 2 is 2.10 bits per heavy atom. The third kappa shape index (κ3) is 1.31. The van der Waals surface area contributed by atoms with Crippen molar-refractivity contribution in [1.29, 1.82) is 0 Å². The van der Waals surface area contributed by atoms with Crippen molar-refractivity contribution in [2.24, 2.45) is 0 Å². The van der Waals surface area contributed by atoms with Crippen LogP contribution in [0.25, 0.3) is 27.8 Å². The molecule has 0 spiro atoms. The fourth-order valence-electron chi connectivity index (χ4n) is 2.44. The Balaban J connectivity index is 2.32. The smallest absolute Gasteiger partial charge is 0.250 e. The van der Waals surface area contributed by atoms with Gasteiger partial charge in [-0.1, -0.05) is 12.1 Å². The van der Waals surface area contributed by atoms with Gasteiger partial charge in [-0.25, -0.2) is 0 Å². The van der Waals surface area contributed by atoms with Crippen LogP contribution in [0.1, 0.15) is 0 Å². The SMILES string of the molecule is COc1cccc2c(=O)c3c(nc4ccccn43)oc12. The first kappa shape index (κ1) is 11.0. The normalized spacial score (nSPS) is 11.4. The van der Waals surface area contributed by atoms with Crippen LogP contribution < -0.4 is 10.2 Å². The predicted molar refractivity (Wildman–Crippen MR) is 75.3 cm³/mol. The van der Waals surface area contributed by atoms with Gasteiger partial charge in [0.1, 0.15) is 5.65 Å². The Hall–Kier alpha value is -2.82. The van der Waals surface area contributed by atoms with E-state index in [0.29, 0.717) is 33.6 Å². The second-order valence-electron chi connectivity index (χ2n) is 4.46. The Morgan fingerprint density at radius 1 is 1.20 bits per heavy atom.